The van der Waals surface area contributed by atoms with E-state index in [-0.39, 0.29) is 11.9 Å². The smallest absolute Gasteiger partial charge is 0.308 e. The van der Waals surface area contributed by atoms with Crippen molar-refractivity contribution in [3.05, 3.63) is 0 Å². The lowest BCUT2D eigenvalue weighted by molar-refractivity contribution is -0.149. The average Bonchev–Trinajstić information content (AvgIpc) is 2.86. The van der Waals surface area contributed by atoms with Gasteiger partial charge in [-0.05, 0) is 25.2 Å². The van der Waals surface area contributed by atoms with E-state index in [4.69, 9.17) is 4.74 Å². The predicted molar refractivity (Wildman–Crippen MR) is 161 cm³/mol. The second-order valence-electron chi connectivity index (χ2n) is 12.0. The van der Waals surface area contributed by atoms with Gasteiger partial charge in [0.05, 0.1) is 12.5 Å². The Kier molecular flexibility index (Phi) is 28.6. The van der Waals surface area contributed by atoms with Crippen molar-refractivity contribution in [1.29, 1.82) is 0 Å². The summed E-state index contributed by atoms with van der Waals surface area (Å²) in [6.07, 6.45) is 34.0. The SMILES string of the molecule is CCCCCCCCC(CCCCCC)C(=O)OCCCCCCCCCCCCCCCC(C)C. The second kappa shape index (κ2) is 29.0. The van der Waals surface area contributed by atoms with Crippen molar-refractivity contribution in [3.63, 3.8) is 0 Å². The summed E-state index contributed by atoms with van der Waals surface area (Å²) in [5.74, 6) is 1.12. The third kappa shape index (κ3) is 26.5. The van der Waals surface area contributed by atoms with Crippen LogP contribution in [-0.4, -0.2) is 12.6 Å². The standard InChI is InChI=1S/C34H68O2/c1-5-7-9-11-22-26-30-33(29-25-10-8-6-2)34(35)36-31-27-23-20-18-16-14-12-13-15-17-19-21-24-28-32(3)4/h32-33H,5-31H2,1-4H3. The molecule has 0 aliphatic rings. The molecule has 0 N–H and O–H groups in total. The van der Waals surface area contributed by atoms with E-state index < -0.39 is 0 Å². The molecule has 0 aliphatic heterocycles. The lowest BCUT2D eigenvalue weighted by Gasteiger charge is -2.16. The molecule has 0 radical (unpaired) electrons. The zero-order valence-corrected chi connectivity index (χ0v) is 25.6. The number of carbonyl (C=O) groups excluding carboxylic acids is 1. The first kappa shape index (κ1) is 35.5. The minimum absolute atomic E-state index is 0.0972. The Morgan fingerprint density at radius 1 is 0.472 bits per heavy atom. The van der Waals surface area contributed by atoms with Gasteiger partial charge in [-0.25, -0.2) is 0 Å². The number of esters is 1. The van der Waals surface area contributed by atoms with Crippen molar-refractivity contribution in [2.24, 2.45) is 11.8 Å². The first-order valence-corrected chi connectivity index (χ1v) is 16.8. The summed E-state index contributed by atoms with van der Waals surface area (Å²) >= 11 is 0. The summed E-state index contributed by atoms with van der Waals surface area (Å²) < 4.78 is 5.74. The van der Waals surface area contributed by atoms with Crippen molar-refractivity contribution in [2.45, 2.75) is 195 Å². The lowest BCUT2D eigenvalue weighted by atomic mass is 9.94. The average molecular weight is 509 g/mol. The molecular weight excluding hydrogens is 440 g/mol. The fourth-order valence-electron chi connectivity index (χ4n) is 5.26. The fraction of sp³-hybridized carbons (Fsp3) is 0.971. The van der Waals surface area contributed by atoms with E-state index in [1.54, 1.807) is 0 Å². The molecule has 1 atom stereocenters. The van der Waals surface area contributed by atoms with Gasteiger partial charge in [-0.1, -0.05) is 175 Å². The van der Waals surface area contributed by atoms with E-state index in [9.17, 15) is 4.79 Å². The maximum Gasteiger partial charge on any atom is 0.308 e. The van der Waals surface area contributed by atoms with Crippen LogP contribution in [0.2, 0.25) is 0 Å². The normalized spacial score (nSPS) is 12.4. The molecule has 0 amide bonds. The molecule has 0 spiro atoms. The Balaban J connectivity index is 3.67. The molecule has 0 heterocycles. The summed E-state index contributed by atoms with van der Waals surface area (Å²) in [6, 6.07) is 0. The first-order chi connectivity index (χ1) is 17.6. The Hall–Kier alpha value is -0.530. The molecule has 0 saturated carbocycles. The quantitative estimate of drug-likeness (QED) is 0.0741. The minimum atomic E-state index is 0.0972. The lowest BCUT2D eigenvalue weighted by Crippen LogP contribution is -2.18. The zero-order valence-electron chi connectivity index (χ0n) is 25.6. The van der Waals surface area contributed by atoms with Crippen LogP contribution >= 0.6 is 0 Å². The third-order valence-corrected chi connectivity index (χ3v) is 7.82. The molecule has 0 bridgehead atoms. The Labute approximate surface area is 228 Å². The molecule has 2 heteroatoms. The zero-order chi connectivity index (χ0) is 26.5. The molecule has 36 heavy (non-hydrogen) atoms. The van der Waals surface area contributed by atoms with Crippen LogP contribution in [-0.2, 0) is 9.53 Å². The summed E-state index contributed by atoms with van der Waals surface area (Å²) in [4.78, 5) is 12.7. The Bertz CT molecular complexity index is 431. The van der Waals surface area contributed by atoms with Crippen molar-refractivity contribution in [1.82, 2.24) is 0 Å². The van der Waals surface area contributed by atoms with E-state index >= 15 is 0 Å². The second-order valence-corrected chi connectivity index (χ2v) is 12.0. The number of ether oxygens (including phenoxy) is 1. The number of rotatable bonds is 29. The van der Waals surface area contributed by atoms with Gasteiger partial charge in [-0.15, -0.1) is 0 Å². The molecule has 0 aromatic carbocycles. The van der Waals surface area contributed by atoms with Crippen LogP contribution in [0.25, 0.3) is 0 Å². The largest absolute Gasteiger partial charge is 0.465 e. The molecule has 0 aliphatic carbocycles. The van der Waals surface area contributed by atoms with Gasteiger partial charge in [0.25, 0.3) is 0 Å². The number of hydrogen-bond acceptors (Lipinski definition) is 2. The molecule has 216 valence electrons. The minimum Gasteiger partial charge on any atom is -0.465 e. The van der Waals surface area contributed by atoms with Crippen LogP contribution in [0.3, 0.4) is 0 Å². The van der Waals surface area contributed by atoms with Crippen molar-refractivity contribution < 1.29 is 9.53 Å². The predicted octanol–water partition coefficient (Wildman–Crippen LogP) is 12.0. The van der Waals surface area contributed by atoms with E-state index in [1.807, 2.05) is 0 Å². The van der Waals surface area contributed by atoms with Gasteiger partial charge in [0.1, 0.15) is 0 Å². The fourth-order valence-corrected chi connectivity index (χ4v) is 5.26. The molecule has 1 unspecified atom stereocenters. The van der Waals surface area contributed by atoms with Gasteiger partial charge in [-0.2, -0.15) is 0 Å². The third-order valence-electron chi connectivity index (χ3n) is 7.82. The van der Waals surface area contributed by atoms with Gasteiger partial charge in [0.2, 0.25) is 0 Å². The summed E-state index contributed by atoms with van der Waals surface area (Å²) in [7, 11) is 0. The molecule has 0 fully saturated rings. The Morgan fingerprint density at radius 3 is 1.22 bits per heavy atom. The summed E-state index contributed by atoms with van der Waals surface area (Å²) in [5.41, 5.74) is 0. The highest BCUT2D eigenvalue weighted by Gasteiger charge is 2.19. The maximum atomic E-state index is 12.7. The van der Waals surface area contributed by atoms with Crippen LogP contribution in [0.15, 0.2) is 0 Å². The van der Waals surface area contributed by atoms with E-state index in [1.165, 1.54) is 148 Å². The van der Waals surface area contributed by atoms with E-state index in [0.717, 1.165) is 25.2 Å². The number of unbranched alkanes of at least 4 members (excludes halogenated alkanes) is 20. The highest BCUT2D eigenvalue weighted by atomic mass is 16.5. The first-order valence-electron chi connectivity index (χ1n) is 16.8. The molecule has 0 aromatic heterocycles. The van der Waals surface area contributed by atoms with Gasteiger partial charge in [0, 0.05) is 0 Å². The van der Waals surface area contributed by atoms with Crippen LogP contribution in [0.1, 0.15) is 195 Å². The highest BCUT2D eigenvalue weighted by molar-refractivity contribution is 5.72. The van der Waals surface area contributed by atoms with E-state index in [0.29, 0.717) is 6.61 Å². The highest BCUT2D eigenvalue weighted by Crippen LogP contribution is 2.21. The van der Waals surface area contributed by atoms with Crippen LogP contribution < -0.4 is 0 Å². The van der Waals surface area contributed by atoms with Gasteiger partial charge >= 0.3 is 5.97 Å². The molecular formula is C34H68O2. The van der Waals surface area contributed by atoms with Gasteiger partial charge < -0.3 is 4.74 Å². The molecule has 0 rings (SSSR count). The number of carbonyl (C=O) groups is 1. The Morgan fingerprint density at radius 2 is 0.806 bits per heavy atom. The number of hydrogen-bond donors (Lipinski definition) is 0. The summed E-state index contributed by atoms with van der Waals surface area (Å²) in [5, 5.41) is 0. The van der Waals surface area contributed by atoms with Gasteiger partial charge in [-0.3, -0.25) is 4.79 Å². The van der Waals surface area contributed by atoms with Crippen LogP contribution in [0.4, 0.5) is 0 Å². The van der Waals surface area contributed by atoms with Crippen molar-refractivity contribution in [2.75, 3.05) is 6.61 Å². The van der Waals surface area contributed by atoms with Crippen LogP contribution in [0.5, 0.6) is 0 Å². The summed E-state index contributed by atoms with van der Waals surface area (Å²) in [6.45, 7) is 9.82. The molecule has 0 aromatic rings. The molecule has 2 nitrogen and oxygen atoms in total. The topological polar surface area (TPSA) is 26.3 Å². The van der Waals surface area contributed by atoms with Crippen molar-refractivity contribution >= 4 is 5.97 Å². The monoisotopic (exact) mass is 509 g/mol. The molecule has 0 saturated heterocycles. The van der Waals surface area contributed by atoms with Crippen molar-refractivity contribution in [3.8, 4) is 0 Å². The van der Waals surface area contributed by atoms with E-state index in [2.05, 4.69) is 27.7 Å². The van der Waals surface area contributed by atoms with Crippen LogP contribution in [0, 0.1) is 11.8 Å². The maximum absolute atomic E-state index is 12.7. The van der Waals surface area contributed by atoms with Gasteiger partial charge in [0.15, 0.2) is 0 Å².